The van der Waals surface area contributed by atoms with Crippen LogP contribution in [0.2, 0.25) is 5.82 Å². The first kappa shape index (κ1) is 39.2. The number of hydrogen-bond donors (Lipinski definition) is 2. The number of aromatic nitrogens is 3. The highest BCUT2D eigenvalue weighted by Crippen LogP contribution is 2.43. The van der Waals surface area contributed by atoms with Gasteiger partial charge in [0, 0.05) is 56.4 Å². The molecule has 0 radical (unpaired) electrons. The average molecular weight is 703 g/mol. The van der Waals surface area contributed by atoms with Crippen molar-refractivity contribution in [1.29, 1.82) is 0 Å². The second-order valence-electron chi connectivity index (χ2n) is 14.9. The minimum absolute atomic E-state index is 0.115. The Morgan fingerprint density at radius 2 is 1.80 bits per heavy atom. The van der Waals surface area contributed by atoms with Crippen LogP contribution in [0.1, 0.15) is 74.1 Å². The van der Waals surface area contributed by atoms with Gasteiger partial charge < -0.3 is 25.3 Å². The van der Waals surface area contributed by atoms with Crippen molar-refractivity contribution in [3.05, 3.63) is 30.5 Å². The Morgan fingerprint density at radius 3 is 2.44 bits per heavy atom. The van der Waals surface area contributed by atoms with Crippen LogP contribution in [0.4, 0.5) is 19.3 Å². The fraction of sp³-hybridized carbons (Fsp3) is 0.686. The molecule has 0 aliphatic carbocycles. The van der Waals surface area contributed by atoms with Gasteiger partial charge in [-0.2, -0.15) is 0 Å². The van der Waals surface area contributed by atoms with Crippen LogP contribution in [0.5, 0.6) is 0 Å². The SMILES string of the molecule is B[C@@H]1[C@@H](C)C(=O)[C@](C)(F)C(=O)O[C@H](CC)[C@@]2(C)OC(=O)N(CCCCn3cc(-c4cccc(N)c4)nn3)[C@@H]2[C@@H](C)NCC(C)(F)C[C@@]1(C)OC. The molecule has 2 saturated heterocycles. The number of carbonyl (C=O) groups excluding carboxylic acids is 3. The topological polar surface area (TPSA) is 151 Å². The van der Waals surface area contributed by atoms with Crippen LogP contribution < -0.4 is 11.1 Å². The number of rotatable bonds is 8. The van der Waals surface area contributed by atoms with E-state index in [0.717, 1.165) is 12.5 Å². The van der Waals surface area contributed by atoms with Crippen LogP contribution in [0, 0.1) is 5.92 Å². The van der Waals surface area contributed by atoms with Crippen molar-refractivity contribution in [2.24, 2.45) is 5.92 Å². The first-order valence-electron chi connectivity index (χ1n) is 17.5. The highest BCUT2D eigenvalue weighted by Gasteiger charge is 2.60. The Bertz CT molecular complexity index is 1540. The van der Waals surface area contributed by atoms with Gasteiger partial charge in [0.2, 0.25) is 0 Å². The van der Waals surface area contributed by atoms with E-state index in [2.05, 4.69) is 15.6 Å². The largest absolute Gasteiger partial charge is 0.455 e. The molecule has 276 valence electrons. The molecular formula is C35H53BF2N6O6. The van der Waals surface area contributed by atoms with Gasteiger partial charge in [0.1, 0.15) is 25.3 Å². The molecule has 12 nitrogen and oxygen atoms in total. The molecule has 2 fully saturated rings. The highest BCUT2D eigenvalue weighted by atomic mass is 19.1. The number of nitrogens with two attached hydrogens (primary N) is 1. The first-order valence-corrected chi connectivity index (χ1v) is 17.5. The number of unbranched alkanes of at least 4 members (excludes halogenated alkanes) is 1. The molecule has 15 heteroatoms. The Labute approximate surface area is 294 Å². The van der Waals surface area contributed by atoms with E-state index in [0.29, 0.717) is 30.8 Å². The number of hydrogen-bond acceptors (Lipinski definition) is 10. The quantitative estimate of drug-likeness (QED) is 0.135. The summed E-state index contributed by atoms with van der Waals surface area (Å²) in [7, 11) is 3.12. The van der Waals surface area contributed by atoms with E-state index in [1.165, 1.54) is 21.0 Å². The Kier molecular flexibility index (Phi) is 11.7. The van der Waals surface area contributed by atoms with Crippen molar-refractivity contribution in [2.75, 3.05) is 25.9 Å². The lowest BCUT2D eigenvalue weighted by Crippen LogP contribution is -2.62. The van der Waals surface area contributed by atoms with Gasteiger partial charge in [0.25, 0.3) is 5.67 Å². The summed E-state index contributed by atoms with van der Waals surface area (Å²) >= 11 is 0. The Hall–Kier alpha value is -3.59. The van der Waals surface area contributed by atoms with E-state index < -0.39 is 70.3 Å². The molecule has 1 aromatic heterocycles. The van der Waals surface area contributed by atoms with Crippen LogP contribution in [-0.2, 0) is 30.3 Å². The smallest absolute Gasteiger partial charge is 0.410 e. The summed E-state index contributed by atoms with van der Waals surface area (Å²) in [6, 6.07) is 6.06. The lowest BCUT2D eigenvalue weighted by Gasteiger charge is -2.42. The fourth-order valence-corrected chi connectivity index (χ4v) is 7.61. The fourth-order valence-electron chi connectivity index (χ4n) is 7.61. The molecule has 0 spiro atoms. The van der Waals surface area contributed by atoms with E-state index >= 15 is 8.78 Å². The summed E-state index contributed by atoms with van der Waals surface area (Å²) in [5.41, 5.74) is 0.586. The summed E-state index contributed by atoms with van der Waals surface area (Å²) in [5.74, 6) is -4.02. The molecule has 0 saturated carbocycles. The van der Waals surface area contributed by atoms with E-state index in [9.17, 15) is 14.4 Å². The van der Waals surface area contributed by atoms with Crippen LogP contribution in [0.15, 0.2) is 30.5 Å². The summed E-state index contributed by atoms with van der Waals surface area (Å²) < 4.78 is 51.8. The van der Waals surface area contributed by atoms with Crippen molar-refractivity contribution in [1.82, 2.24) is 25.2 Å². The number of fused-ring (bicyclic) bond motifs is 1. The number of nitrogen functional groups attached to an aromatic ring is 1. The average Bonchev–Trinajstić information content (AvgIpc) is 3.64. The summed E-state index contributed by atoms with van der Waals surface area (Å²) in [5, 5.41) is 11.7. The number of amides is 1. The molecule has 2 aromatic rings. The lowest BCUT2D eigenvalue weighted by molar-refractivity contribution is -0.179. The van der Waals surface area contributed by atoms with Gasteiger partial charge in [-0.15, -0.1) is 5.10 Å². The maximum atomic E-state index is 16.4. The number of benzene rings is 1. The molecule has 0 bridgehead atoms. The van der Waals surface area contributed by atoms with Gasteiger partial charge in [-0.1, -0.05) is 31.2 Å². The van der Waals surface area contributed by atoms with Crippen LogP contribution in [-0.4, -0.2) is 107 Å². The minimum Gasteiger partial charge on any atom is -0.455 e. The number of aryl methyl sites for hydroxylation is 1. The standard InChI is InChI=1S/C35H53BF2N6O6/c1-9-26-35(7)28(44(31(47)50-35)16-11-10-15-43-18-25(41-42-43)23-13-12-14-24(39)17-23)22(3)40-20-32(4,37)19-33(5,48-8)27(36)21(2)29(45)34(6,38)30(46)49-26/h12-14,17-18,21-22,26-28,40H,9-11,15-16,19-20,36,39H2,1-8H3/t21-,22-,26-,27-,28-,32?,33-,34+,35-/m1/s1. The third kappa shape index (κ3) is 7.98. The van der Waals surface area contributed by atoms with E-state index in [1.807, 2.05) is 31.3 Å². The molecule has 2 aliphatic rings. The number of ketones is 1. The summed E-state index contributed by atoms with van der Waals surface area (Å²) in [6.07, 6.45) is 1.31. The molecule has 3 N–H and O–H groups in total. The van der Waals surface area contributed by atoms with Gasteiger partial charge in [-0.3, -0.25) is 14.4 Å². The lowest BCUT2D eigenvalue weighted by atomic mass is 9.62. The second kappa shape index (κ2) is 14.9. The molecular weight excluding hydrogens is 649 g/mol. The van der Waals surface area contributed by atoms with Crippen molar-refractivity contribution in [3.63, 3.8) is 0 Å². The molecule has 1 unspecified atom stereocenters. The number of anilines is 1. The number of Topliss-reactive ketones (excluding diaryl/α,β-unsaturated/α-hetero) is 1. The molecule has 4 rings (SSSR count). The predicted molar refractivity (Wildman–Crippen MR) is 188 cm³/mol. The van der Waals surface area contributed by atoms with Crippen LogP contribution >= 0.6 is 0 Å². The molecule has 2 aliphatic heterocycles. The number of carbonyl (C=O) groups is 3. The maximum Gasteiger partial charge on any atom is 0.410 e. The number of nitrogens with one attached hydrogen (secondary N) is 1. The molecule has 3 heterocycles. The van der Waals surface area contributed by atoms with Gasteiger partial charge in [-0.05, 0) is 71.8 Å². The van der Waals surface area contributed by atoms with Gasteiger partial charge in [-0.25, -0.2) is 18.4 Å². The number of halogens is 2. The number of methoxy groups -OCH3 is 1. The zero-order chi connectivity index (χ0) is 37.2. The predicted octanol–water partition coefficient (Wildman–Crippen LogP) is 4.08. The number of esters is 1. The first-order chi connectivity index (χ1) is 23.3. The van der Waals surface area contributed by atoms with Crippen LogP contribution in [0.25, 0.3) is 11.3 Å². The van der Waals surface area contributed by atoms with E-state index in [-0.39, 0.29) is 25.9 Å². The van der Waals surface area contributed by atoms with Crippen molar-refractivity contribution < 1.29 is 37.4 Å². The van der Waals surface area contributed by atoms with Gasteiger partial charge >= 0.3 is 12.1 Å². The van der Waals surface area contributed by atoms with Crippen LogP contribution in [0.3, 0.4) is 0 Å². The summed E-state index contributed by atoms with van der Waals surface area (Å²) in [6.45, 7) is 11.4. The number of nitrogens with zero attached hydrogens (tertiary/aromatic N) is 4. The number of cyclic esters (lactones) is 1. The zero-order valence-electron chi connectivity index (χ0n) is 30.8. The third-order valence-electron chi connectivity index (χ3n) is 10.9. The third-order valence-corrected chi connectivity index (χ3v) is 10.9. The van der Waals surface area contributed by atoms with Gasteiger partial charge in [0.05, 0.1) is 17.8 Å². The number of ether oxygens (including phenoxy) is 3. The van der Waals surface area contributed by atoms with Gasteiger partial charge in [0.15, 0.2) is 11.4 Å². The highest BCUT2D eigenvalue weighted by molar-refractivity contribution is 6.17. The second-order valence-corrected chi connectivity index (χ2v) is 14.9. The Morgan fingerprint density at radius 1 is 1.12 bits per heavy atom. The molecule has 50 heavy (non-hydrogen) atoms. The maximum absolute atomic E-state index is 16.4. The normalized spacial score (nSPS) is 35.9. The monoisotopic (exact) mass is 702 g/mol. The zero-order valence-corrected chi connectivity index (χ0v) is 30.8. The molecule has 1 aromatic carbocycles. The van der Waals surface area contributed by atoms with E-state index in [1.54, 1.807) is 44.3 Å². The van der Waals surface area contributed by atoms with E-state index in [4.69, 9.17) is 19.9 Å². The van der Waals surface area contributed by atoms with Crippen molar-refractivity contribution in [3.8, 4) is 11.3 Å². The minimum atomic E-state index is -3.01. The number of alkyl halides is 2. The summed E-state index contributed by atoms with van der Waals surface area (Å²) in [4.78, 5) is 42.1. The van der Waals surface area contributed by atoms with Crippen molar-refractivity contribution in [2.45, 2.75) is 127 Å². The molecule has 1 amide bonds. The van der Waals surface area contributed by atoms with Crippen molar-refractivity contribution >= 4 is 31.4 Å². The molecule has 9 atom stereocenters. The Balaban J connectivity index is 1.59.